The molecule has 0 unspecified atom stereocenters. The van der Waals surface area contributed by atoms with Gasteiger partial charge in [0, 0.05) is 19.2 Å². The zero-order chi connectivity index (χ0) is 19.4. The van der Waals surface area contributed by atoms with E-state index in [1.807, 2.05) is 19.1 Å². The number of hydrogen-bond donors (Lipinski definition) is 1. The number of anilines is 1. The van der Waals surface area contributed by atoms with Gasteiger partial charge in [-0.2, -0.15) is 4.98 Å². The van der Waals surface area contributed by atoms with Gasteiger partial charge in [0.15, 0.2) is 0 Å². The van der Waals surface area contributed by atoms with E-state index < -0.39 is 15.7 Å². The summed E-state index contributed by atoms with van der Waals surface area (Å²) in [6, 6.07) is 11.9. The van der Waals surface area contributed by atoms with Crippen LogP contribution < -0.4 is 5.32 Å². The van der Waals surface area contributed by atoms with E-state index >= 15 is 0 Å². The van der Waals surface area contributed by atoms with E-state index in [1.54, 1.807) is 12.1 Å². The molecule has 0 fully saturated rings. The molecule has 0 bridgehead atoms. The number of oxazole rings is 1. The minimum absolute atomic E-state index is 0.0203. The molecule has 0 amide bonds. The fourth-order valence-electron chi connectivity index (χ4n) is 2.41. The third-order valence-electron chi connectivity index (χ3n) is 3.86. The number of methoxy groups -OCH3 is 1. The lowest BCUT2D eigenvalue weighted by Gasteiger charge is -2.05. The van der Waals surface area contributed by atoms with Crippen molar-refractivity contribution in [3.05, 3.63) is 59.9 Å². The highest BCUT2D eigenvalue weighted by Crippen LogP contribution is 2.32. The highest BCUT2D eigenvalue weighted by atomic mass is 32.2. The van der Waals surface area contributed by atoms with Gasteiger partial charge in [0.2, 0.25) is 26.6 Å². The minimum atomic E-state index is -3.99. The van der Waals surface area contributed by atoms with Crippen molar-refractivity contribution in [2.75, 3.05) is 25.6 Å². The second-order valence-corrected chi connectivity index (χ2v) is 7.76. The number of aryl methyl sites for hydroxylation is 1. The Balaban J connectivity index is 2.06. The van der Waals surface area contributed by atoms with E-state index in [2.05, 4.69) is 10.3 Å². The monoisotopic (exact) mass is 390 g/mol. The molecule has 142 valence electrons. The molecule has 0 radical (unpaired) electrons. The van der Waals surface area contributed by atoms with Crippen LogP contribution >= 0.6 is 0 Å². The Hall–Kier alpha value is -2.71. The van der Waals surface area contributed by atoms with Crippen LogP contribution in [0.1, 0.15) is 5.56 Å². The average Bonchev–Trinajstić information content (AvgIpc) is 3.08. The maximum absolute atomic E-state index is 13.2. The Morgan fingerprint density at radius 1 is 1.11 bits per heavy atom. The van der Waals surface area contributed by atoms with Gasteiger partial charge in [-0.15, -0.1) is 0 Å². The van der Waals surface area contributed by atoms with E-state index in [9.17, 15) is 12.8 Å². The summed E-state index contributed by atoms with van der Waals surface area (Å²) in [5, 5.41) is 2.65. The van der Waals surface area contributed by atoms with Crippen LogP contribution in [-0.2, 0) is 14.6 Å². The number of hydrogen-bond acceptors (Lipinski definition) is 6. The molecule has 6 nitrogen and oxygen atoms in total. The fraction of sp³-hybridized carbons (Fsp3) is 0.211. The predicted octanol–water partition coefficient (Wildman–Crippen LogP) is 3.68. The zero-order valence-electron chi connectivity index (χ0n) is 14.9. The van der Waals surface area contributed by atoms with Gasteiger partial charge in [-0.1, -0.05) is 17.7 Å². The third kappa shape index (κ3) is 4.17. The lowest BCUT2D eigenvalue weighted by Crippen LogP contribution is -2.11. The van der Waals surface area contributed by atoms with Gasteiger partial charge in [-0.3, -0.25) is 0 Å². The Morgan fingerprint density at radius 2 is 1.78 bits per heavy atom. The van der Waals surface area contributed by atoms with Crippen LogP contribution in [0.25, 0.3) is 11.5 Å². The first kappa shape index (κ1) is 19.1. The van der Waals surface area contributed by atoms with Crippen LogP contribution in [0, 0.1) is 12.7 Å². The first-order valence-electron chi connectivity index (χ1n) is 8.23. The second-order valence-electron chi connectivity index (χ2n) is 5.90. The van der Waals surface area contributed by atoms with Crippen LogP contribution in [0.15, 0.2) is 62.9 Å². The van der Waals surface area contributed by atoms with Crippen LogP contribution in [0.4, 0.5) is 10.3 Å². The van der Waals surface area contributed by atoms with Crippen molar-refractivity contribution in [3.63, 3.8) is 0 Å². The summed E-state index contributed by atoms with van der Waals surface area (Å²) >= 11 is 0. The number of aromatic nitrogens is 1. The topological polar surface area (TPSA) is 81.4 Å². The molecule has 1 aromatic heterocycles. The van der Waals surface area contributed by atoms with Crippen molar-refractivity contribution < 1.29 is 22.0 Å². The van der Waals surface area contributed by atoms with Crippen molar-refractivity contribution >= 4 is 15.7 Å². The molecule has 0 saturated heterocycles. The molecule has 27 heavy (non-hydrogen) atoms. The second kappa shape index (κ2) is 7.89. The van der Waals surface area contributed by atoms with Crippen molar-refractivity contribution in [2.24, 2.45) is 0 Å². The first-order valence-corrected chi connectivity index (χ1v) is 9.71. The Bertz CT molecular complexity index is 1010. The van der Waals surface area contributed by atoms with Crippen molar-refractivity contribution in [2.45, 2.75) is 16.8 Å². The molecule has 0 spiro atoms. The normalized spacial score (nSPS) is 11.5. The quantitative estimate of drug-likeness (QED) is 0.490. The van der Waals surface area contributed by atoms with Crippen molar-refractivity contribution in [1.82, 2.24) is 4.98 Å². The average molecular weight is 390 g/mol. The van der Waals surface area contributed by atoms with Crippen LogP contribution in [-0.4, -0.2) is 33.7 Å². The number of sulfone groups is 1. The lowest BCUT2D eigenvalue weighted by molar-refractivity contribution is 0.210. The summed E-state index contributed by atoms with van der Waals surface area (Å²) in [6.07, 6.45) is 0. The van der Waals surface area contributed by atoms with Crippen LogP contribution in [0.2, 0.25) is 0 Å². The van der Waals surface area contributed by atoms with Gasteiger partial charge in [0.25, 0.3) is 0 Å². The van der Waals surface area contributed by atoms with Gasteiger partial charge >= 0.3 is 0 Å². The van der Waals surface area contributed by atoms with Gasteiger partial charge < -0.3 is 14.5 Å². The molecule has 3 aromatic rings. The largest absolute Gasteiger partial charge is 0.419 e. The third-order valence-corrected chi connectivity index (χ3v) is 5.54. The predicted molar refractivity (Wildman–Crippen MR) is 98.9 cm³/mol. The molecule has 2 aromatic carbocycles. The van der Waals surface area contributed by atoms with Crippen LogP contribution in [0.5, 0.6) is 0 Å². The summed E-state index contributed by atoms with van der Waals surface area (Å²) in [6.45, 7) is 2.64. The first-order chi connectivity index (χ1) is 12.9. The van der Waals surface area contributed by atoms with Gasteiger partial charge in [-0.05, 0) is 43.3 Å². The Labute approximate surface area is 156 Å². The van der Waals surface area contributed by atoms with E-state index in [1.165, 1.54) is 19.2 Å². The number of halogens is 1. The smallest absolute Gasteiger partial charge is 0.233 e. The maximum atomic E-state index is 13.2. The number of ether oxygens (including phenoxy) is 1. The molecule has 8 heteroatoms. The molecule has 1 heterocycles. The van der Waals surface area contributed by atoms with Gasteiger partial charge in [-0.25, -0.2) is 12.8 Å². The summed E-state index contributed by atoms with van der Waals surface area (Å²) in [7, 11) is -2.46. The molecular weight excluding hydrogens is 371 g/mol. The minimum Gasteiger partial charge on any atom is -0.419 e. The number of benzene rings is 2. The molecule has 0 aliphatic rings. The molecule has 1 N–H and O–H groups in total. The molecule has 0 aliphatic heterocycles. The Kier molecular flexibility index (Phi) is 5.57. The zero-order valence-corrected chi connectivity index (χ0v) is 15.7. The SMILES string of the molecule is COCCNc1oc(-c2ccc(C)cc2)nc1S(=O)(=O)c1ccc(F)cc1. The number of nitrogens with zero attached hydrogens (tertiary/aromatic N) is 1. The standard InChI is InChI=1S/C19H19FN2O4S/c1-13-3-5-14(6-4-13)17-22-19(18(26-17)21-11-12-25-2)27(23,24)16-9-7-15(20)8-10-16/h3-10,21H,11-12H2,1-2H3. The van der Waals surface area contributed by atoms with E-state index in [4.69, 9.17) is 9.15 Å². The van der Waals surface area contributed by atoms with E-state index in [0.717, 1.165) is 17.7 Å². The molecule has 3 rings (SSSR count). The molecular formula is C19H19FN2O4S. The number of rotatable bonds is 7. The van der Waals surface area contributed by atoms with Gasteiger partial charge in [0.1, 0.15) is 5.82 Å². The summed E-state index contributed by atoms with van der Waals surface area (Å²) < 4.78 is 49.8. The highest BCUT2D eigenvalue weighted by molar-refractivity contribution is 7.91. The van der Waals surface area contributed by atoms with Crippen molar-refractivity contribution in [1.29, 1.82) is 0 Å². The fourth-order valence-corrected chi connectivity index (χ4v) is 3.69. The molecule has 0 aliphatic carbocycles. The summed E-state index contributed by atoms with van der Waals surface area (Å²) in [5.74, 6) is -0.324. The maximum Gasteiger partial charge on any atom is 0.233 e. The highest BCUT2D eigenvalue weighted by Gasteiger charge is 2.28. The van der Waals surface area contributed by atoms with Crippen molar-refractivity contribution in [3.8, 4) is 11.5 Å². The van der Waals surface area contributed by atoms with E-state index in [0.29, 0.717) is 18.7 Å². The number of nitrogens with one attached hydrogen (secondary N) is 1. The summed E-state index contributed by atoms with van der Waals surface area (Å²) in [4.78, 5) is 4.14. The summed E-state index contributed by atoms with van der Waals surface area (Å²) in [5.41, 5.74) is 1.71. The van der Waals surface area contributed by atoms with Crippen LogP contribution in [0.3, 0.4) is 0 Å². The lowest BCUT2D eigenvalue weighted by atomic mass is 10.1. The Morgan fingerprint density at radius 3 is 2.41 bits per heavy atom. The van der Waals surface area contributed by atoms with E-state index in [-0.39, 0.29) is 21.7 Å². The van der Waals surface area contributed by atoms with Gasteiger partial charge in [0.05, 0.1) is 11.5 Å². The molecule has 0 atom stereocenters. The molecule has 0 saturated carbocycles.